The highest BCUT2D eigenvalue weighted by Crippen LogP contribution is 2.27. The molecule has 0 aromatic heterocycles. The van der Waals surface area contributed by atoms with Gasteiger partial charge in [-0.3, -0.25) is 0 Å². The lowest BCUT2D eigenvalue weighted by atomic mass is 10.2. The van der Waals surface area contributed by atoms with Gasteiger partial charge in [0, 0.05) is 48.7 Å². The number of anilines is 4. The molecule has 4 rings (SSSR count). The van der Waals surface area contributed by atoms with Gasteiger partial charge in [0.05, 0.1) is 54.4 Å². The molecule has 2 aliphatic heterocycles. The average molecular weight is 578 g/mol. The van der Waals surface area contributed by atoms with Crippen LogP contribution >= 0.6 is 17.0 Å². The average Bonchev–Trinajstić information content (AvgIpc) is 3.52. The van der Waals surface area contributed by atoms with E-state index in [9.17, 15) is 0 Å². The van der Waals surface area contributed by atoms with E-state index in [1.54, 1.807) is 0 Å². The fourth-order valence-electron chi connectivity index (χ4n) is 5.98. The molecule has 2 atom stereocenters. The van der Waals surface area contributed by atoms with Gasteiger partial charge in [-0.25, -0.2) is 0 Å². The summed E-state index contributed by atoms with van der Waals surface area (Å²) in [6, 6.07) is 18.0. The van der Waals surface area contributed by atoms with Gasteiger partial charge in [0.2, 0.25) is 0 Å². The Labute approximate surface area is 237 Å². The number of likely N-dealkylation sites (N-methyl/N-ethyl adjacent to an activating group) is 2. The van der Waals surface area contributed by atoms with Gasteiger partial charge in [0.25, 0.3) is 0 Å². The van der Waals surface area contributed by atoms with Crippen molar-refractivity contribution in [1.82, 2.24) is 0 Å². The van der Waals surface area contributed by atoms with Crippen molar-refractivity contribution in [2.24, 2.45) is 0 Å². The Hall–Kier alpha value is -1.96. The first kappa shape index (κ1) is 31.3. The smallest absolute Gasteiger partial charge is 0.108 e. The number of nitrogen functional groups attached to an aromatic ring is 2. The Morgan fingerprint density at radius 2 is 0.973 bits per heavy atom. The Balaban J connectivity index is 0.000000253. The zero-order chi connectivity index (χ0) is 26.3. The van der Waals surface area contributed by atoms with Crippen LogP contribution in [0.3, 0.4) is 0 Å². The van der Waals surface area contributed by atoms with Crippen LogP contribution in [0.4, 0.5) is 22.7 Å². The normalized spacial score (nSPS) is 19.8. The van der Waals surface area contributed by atoms with Gasteiger partial charge in [0.15, 0.2) is 0 Å². The summed E-state index contributed by atoms with van der Waals surface area (Å²) in [6.45, 7) is 11.7. The summed E-state index contributed by atoms with van der Waals surface area (Å²) in [5.41, 5.74) is 15.8. The first-order chi connectivity index (χ1) is 17.1. The van der Waals surface area contributed by atoms with E-state index < -0.39 is 0 Å². The summed E-state index contributed by atoms with van der Waals surface area (Å²) >= 11 is 0. The van der Waals surface area contributed by atoms with E-state index >= 15 is 0 Å². The van der Waals surface area contributed by atoms with E-state index in [4.69, 9.17) is 11.5 Å². The van der Waals surface area contributed by atoms with Gasteiger partial charge in [-0.05, 0) is 61.4 Å². The van der Waals surface area contributed by atoms with Gasteiger partial charge in [0.1, 0.15) is 12.1 Å². The molecule has 6 nitrogen and oxygen atoms in total. The molecule has 4 N–H and O–H groups in total. The molecule has 2 aliphatic rings. The minimum absolute atomic E-state index is 0. The lowest BCUT2D eigenvalue weighted by Gasteiger charge is -2.36. The van der Waals surface area contributed by atoms with Crippen LogP contribution in [0.2, 0.25) is 0 Å². The summed E-state index contributed by atoms with van der Waals surface area (Å²) in [5, 5.41) is 0. The molecule has 2 saturated heterocycles. The van der Waals surface area contributed by atoms with E-state index in [-0.39, 0.29) is 17.0 Å². The highest BCUT2D eigenvalue weighted by molar-refractivity contribution is 8.93. The monoisotopic (exact) mass is 576 g/mol. The second kappa shape index (κ2) is 13.7. The van der Waals surface area contributed by atoms with Gasteiger partial charge in [-0.2, -0.15) is 0 Å². The van der Waals surface area contributed by atoms with E-state index in [1.165, 1.54) is 63.2 Å². The van der Waals surface area contributed by atoms with Crippen LogP contribution in [0.15, 0.2) is 48.5 Å². The van der Waals surface area contributed by atoms with Crippen LogP contribution < -0.4 is 21.3 Å². The number of quaternary nitrogens is 2. The molecule has 0 aliphatic carbocycles. The summed E-state index contributed by atoms with van der Waals surface area (Å²) in [7, 11) is 9.45. The lowest BCUT2D eigenvalue weighted by molar-refractivity contribution is -0.912. The molecule has 0 bridgehead atoms. The van der Waals surface area contributed by atoms with Crippen LogP contribution in [0.25, 0.3) is 0 Å². The number of nitrogens with two attached hydrogens (primary N) is 2. The predicted molar refractivity (Wildman–Crippen MR) is 168 cm³/mol. The number of benzene rings is 2. The van der Waals surface area contributed by atoms with E-state index in [0.717, 1.165) is 45.5 Å². The molecule has 2 fully saturated rings. The van der Waals surface area contributed by atoms with Crippen molar-refractivity contribution in [1.29, 1.82) is 0 Å². The third-order valence-corrected chi connectivity index (χ3v) is 8.42. The number of halogens is 1. The highest BCUT2D eigenvalue weighted by Gasteiger charge is 2.35. The second-order valence-electron chi connectivity index (χ2n) is 12.0. The molecule has 2 aromatic carbocycles. The van der Waals surface area contributed by atoms with Crippen molar-refractivity contribution in [3.8, 4) is 0 Å². The molecule has 37 heavy (non-hydrogen) atoms. The number of hydrogen-bond acceptors (Lipinski definition) is 4. The van der Waals surface area contributed by atoms with Crippen LogP contribution in [0.1, 0.15) is 39.5 Å². The summed E-state index contributed by atoms with van der Waals surface area (Å²) in [5.74, 6) is 0. The minimum Gasteiger partial charge on any atom is -0.399 e. The Kier molecular flexibility index (Phi) is 11.6. The first-order valence-corrected chi connectivity index (χ1v) is 13.9. The summed E-state index contributed by atoms with van der Waals surface area (Å²) in [4.78, 5) is 4.97. The molecule has 0 radical (unpaired) electrons. The summed E-state index contributed by atoms with van der Waals surface area (Å²) in [6.07, 6.45) is 5.09. The Morgan fingerprint density at radius 1 is 0.649 bits per heavy atom. The SMILES string of the molecule is Br.CCC[N+](C)(C)C1CCN(c2ccc(N)cc2)C1.CCC[N+](C)(C)C1CCN(c2ccc(N)cc2)C1. The van der Waals surface area contributed by atoms with Crippen LogP contribution in [-0.4, -0.2) is 88.5 Å². The number of nitrogens with zero attached hydrogens (tertiary/aromatic N) is 4. The van der Waals surface area contributed by atoms with Crippen molar-refractivity contribution in [2.45, 2.75) is 51.6 Å². The first-order valence-electron chi connectivity index (χ1n) is 13.9. The van der Waals surface area contributed by atoms with Crippen molar-refractivity contribution >= 4 is 39.7 Å². The van der Waals surface area contributed by atoms with Crippen LogP contribution in [-0.2, 0) is 0 Å². The van der Waals surface area contributed by atoms with E-state index in [0.29, 0.717) is 0 Å². The van der Waals surface area contributed by atoms with Gasteiger partial charge in [-0.15, -0.1) is 17.0 Å². The molecule has 2 aromatic rings. The van der Waals surface area contributed by atoms with Crippen molar-refractivity contribution < 1.29 is 8.97 Å². The molecular formula is C30H53BrN6+2. The maximum absolute atomic E-state index is 5.74. The number of rotatable bonds is 8. The van der Waals surface area contributed by atoms with Crippen molar-refractivity contribution in [3.05, 3.63) is 48.5 Å². The molecule has 0 saturated carbocycles. The van der Waals surface area contributed by atoms with Gasteiger partial charge >= 0.3 is 0 Å². The standard InChI is InChI=1S/2C15H26N3.BrH/c2*1-4-11-18(2,3)15-9-10-17(12-15)14-7-5-13(16)6-8-14;/h2*5-8,15H,4,9-12,16H2,1-3H3;1H/q2*+1;. The van der Waals surface area contributed by atoms with E-state index in [2.05, 4.69) is 76.1 Å². The molecule has 208 valence electrons. The molecule has 7 heteroatoms. The zero-order valence-electron chi connectivity index (χ0n) is 24.2. The molecule has 2 heterocycles. The lowest BCUT2D eigenvalue weighted by Crippen LogP contribution is -2.50. The predicted octanol–water partition coefficient (Wildman–Crippen LogP) is 5.25. The third kappa shape index (κ3) is 8.52. The Morgan fingerprint density at radius 3 is 1.27 bits per heavy atom. The number of hydrogen-bond donors (Lipinski definition) is 2. The largest absolute Gasteiger partial charge is 0.399 e. The highest BCUT2D eigenvalue weighted by atomic mass is 79.9. The van der Waals surface area contributed by atoms with Gasteiger partial charge in [-0.1, -0.05) is 13.8 Å². The quantitative estimate of drug-likeness (QED) is 0.333. The summed E-state index contributed by atoms with van der Waals surface area (Å²) < 4.78 is 2.28. The fraction of sp³-hybridized carbons (Fsp3) is 0.600. The molecule has 0 spiro atoms. The fourth-order valence-corrected chi connectivity index (χ4v) is 5.98. The Bertz CT molecular complexity index is 851. The van der Waals surface area contributed by atoms with Crippen LogP contribution in [0, 0.1) is 0 Å². The molecular weight excluding hydrogens is 524 g/mol. The van der Waals surface area contributed by atoms with E-state index in [1.807, 2.05) is 24.3 Å². The van der Waals surface area contributed by atoms with Crippen molar-refractivity contribution in [3.63, 3.8) is 0 Å². The molecule has 2 unspecified atom stereocenters. The molecule has 0 amide bonds. The maximum atomic E-state index is 5.74. The van der Waals surface area contributed by atoms with Crippen molar-refractivity contribution in [2.75, 3.05) is 88.7 Å². The van der Waals surface area contributed by atoms with Crippen LogP contribution in [0.5, 0.6) is 0 Å². The van der Waals surface area contributed by atoms with Gasteiger partial charge < -0.3 is 30.2 Å². The minimum atomic E-state index is 0. The second-order valence-corrected chi connectivity index (χ2v) is 12.0. The zero-order valence-corrected chi connectivity index (χ0v) is 25.9. The third-order valence-electron chi connectivity index (χ3n) is 8.42. The maximum Gasteiger partial charge on any atom is 0.108 e. The topological polar surface area (TPSA) is 58.5 Å².